The Morgan fingerprint density at radius 1 is 0.972 bits per heavy atom. The van der Waals surface area contributed by atoms with Crippen LogP contribution < -0.4 is 4.90 Å². The number of halogens is 6. The summed E-state index contributed by atoms with van der Waals surface area (Å²) in [4.78, 5) is 20.9. The Kier molecular flexibility index (Phi) is 6.42. The van der Waals surface area contributed by atoms with Crippen molar-refractivity contribution in [2.24, 2.45) is 10.9 Å². The number of piperazine rings is 1. The number of aliphatic imine (C=N–C) groups is 1. The highest BCUT2D eigenvalue weighted by molar-refractivity contribution is 6.42. The van der Waals surface area contributed by atoms with Gasteiger partial charge in [-0.25, -0.2) is 14.1 Å². The highest BCUT2D eigenvalue weighted by Gasteiger charge is 2.52. The molecule has 5 rings (SSSR count). The van der Waals surface area contributed by atoms with Crippen molar-refractivity contribution in [1.29, 1.82) is 0 Å². The van der Waals surface area contributed by atoms with Crippen molar-refractivity contribution in [1.82, 2.24) is 14.7 Å². The Morgan fingerprint density at radius 2 is 1.67 bits per heavy atom. The fourth-order valence-electron chi connectivity index (χ4n) is 4.68. The lowest BCUT2D eigenvalue weighted by Crippen LogP contribution is -2.54. The maximum absolute atomic E-state index is 14.3. The first-order valence-electron chi connectivity index (χ1n) is 11.1. The fourth-order valence-corrected chi connectivity index (χ4v) is 5.10. The number of amides is 1. The van der Waals surface area contributed by atoms with Crippen LogP contribution in [0.25, 0.3) is 0 Å². The van der Waals surface area contributed by atoms with Gasteiger partial charge in [-0.3, -0.25) is 4.79 Å². The molecule has 1 saturated heterocycles. The third-order valence-corrected chi connectivity index (χ3v) is 7.23. The normalized spacial score (nSPS) is 20.2. The minimum atomic E-state index is -4.87. The average molecular weight is 540 g/mol. The van der Waals surface area contributed by atoms with E-state index < -0.39 is 29.8 Å². The van der Waals surface area contributed by atoms with Crippen LogP contribution in [0.5, 0.6) is 0 Å². The molecule has 1 aromatic heterocycles. The van der Waals surface area contributed by atoms with Crippen molar-refractivity contribution in [3.05, 3.63) is 76.2 Å². The van der Waals surface area contributed by atoms with E-state index in [1.54, 1.807) is 18.2 Å². The van der Waals surface area contributed by atoms with Gasteiger partial charge < -0.3 is 9.80 Å². The molecule has 3 heterocycles. The number of benzene rings is 2. The maximum atomic E-state index is 14.3. The van der Waals surface area contributed by atoms with Crippen molar-refractivity contribution >= 4 is 46.3 Å². The zero-order valence-corrected chi connectivity index (χ0v) is 20.1. The lowest BCUT2D eigenvalue weighted by molar-refractivity contribution is -0.136. The summed E-state index contributed by atoms with van der Waals surface area (Å²) in [5, 5.41) is 4.37. The highest BCUT2D eigenvalue weighted by Crippen LogP contribution is 2.44. The number of aromatic nitrogens is 2. The van der Waals surface area contributed by atoms with Crippen molar-refractivity contribution in [2.45, 2.75) is 12.2 Å². The van der Waals surface area contributed by atoms with Crippen LogP contribution in [-0.2, 0) is 4.79 Å². The van der Waals surface area contributed by atoms with Gasteiger partial charge in [-0.15, -0.1) is 0 Å². The number of rotatable bonds is 3. The lowest BCUT2D eigenvalue weighted by atomic mass is 9.85. The quantitative estimate of drug-likeness (QED) is 0.411. The van der Waals surface area contributed by atoms with Crippen LogP contribution in [0.4, 0.5) is 29.1 Å². The molecule has 2 unspecified atom stereocenters. The maximum Gasteiger partial charge on any atom is 0.430 e. The predicted molar refractivity (Wildman–Crippen MR) is 129 cm³/mol. The summed E-state index contributed by atoms with van der Waals surface area (Å²) in [6, 6.07) is 10.7. The number of alkyl halides is 3. The van der Waals surface area contributed by atoms with Crippen molar-refractivity contribution < 1.29 is 22.4 Å². The van der Waals surface area contributed by atoms with Crippen LogP contribution in [0.2, 0.25) is 10.0 Å². The Bertz CT molecular complexity index is 1320. The fraction of sp³-hybridized carbons (Fsp3) is 0.292. The molecule has 3 aromatic rings. The number of carbonyl (C=O) groups is 1. The van der Waals surface area contributed by atoms with Gasteiger partial charge in [-0.05, 0) is 35.9 Å². The molecule has 0 spiro atoms. The molecule has 1 fully saturated rings. The minimum Gasteiger partial charge on any atom is -0.368 e. The summed E-state index contributed by atoms with van der Waals surface area (Å²) in [6.07, 6.45) is -3.54. The monoisotopic (exact) mass is 539 g/mol. The first-order chi connectivity index (χ1) is 17.1. The van der Waals surface area contributed by atoms with Gasteiger partial charge in [0.15, 0.2) is 5.82 Å². The molecule has 0 radical (unpaired) electrons. The molecule has 0 saturated carbocycles. The third-order valence-electron chi connectivity index (χ3n) is 6.40. The molecule has 2 aliphatic rings. The molecule has 2 atom stereocenters. The van der Waals surface area contributed by atoms with E-state index in [-0.39, 0.29) is 40.3 Å². The number of hydrogen-bond donors (Lipinski definition) is 0. The van der Waals surface area contributed by atoms with Gasteiger partial charge in [0, 0.05) is 37.9 Å². The van der Waals surface area contributed by atoms with Crippen molar-refractivity contribution in [2.75, 3.05) is 31.1 Å². The Morgan fingerprint density at radius 3 is 2.33 bits per heavy atom. The second kappa shape index (κ2) is 9.40. The summed E-state index contributed by atoms with van der Waals surface area (Å²) >= 11 is 12.6. The molecule has 6 nitrogen and oxygen atoms in total. The molecule has 2 aliphatic heterocycles. The predicted octanol–water partition coefficient (Wildman–Crippen LogP) is 5.53. The lowest BCUT2D eigenvalue weighted by Gasteiger charge is -2.40. The van der Waals surface area contributed by atoms with Gasteiger partial charge in [0.25, 0.3) is 0 Å². The second-order valence-electron chi connectivity index (χ2n) is 8.48. The smallest absolute Gasteiger partial charge is 0.368 e. The van der Waals surface area contributed by atoms with Crippen LogP contribution in [0.3, 0.4) is 0 Å². The summed E-state index contributed by atoms with van der Waals surface area (Å²) < 4.78 is 57.4. The second-order valence-corrected chi connectivity index (χ2v) is 9.27. The molecular formula is C24H19Cl2F4N5O. The number of hydrogen-bond acceptors (Lipinski definition) is 4. The van der Waals surface area contributed by atoms with Gasteiger partial charge in [0.1, 0.15) is 17.4 Å². The molecule has 0 bridgehead atoms. The largest absolute Gasteiger partial charge is 0.430 e. The number of carbonyl (C=O) groups excluding carboxylic acids is 1. The zero-order valence-electron chi connectivity index (χ0n) is 18.6. The summed E-state index contributed by atoms with van der Waals surface area (Å²) in [5.41, 5.74) is -0.194. The number of fused-ring (bicyclic) bond motifs is 1. The van der Waals surface area contributed by atoms with Gasteiger partial charge in [0.05, 0.1) is 22.3 Å². The Labute approximate surface area is 213 Å². The Balaban J connectivity index is 1.50. The van der Waals surface area contributed by atoms with E-state index in [9.17, 15) is 22.4 Å². The minimum absolute atomic E-state index is 0.0338. The van der Waals surface area contributed by atoms with E-state index in [0.717, 1.165) is 5.69 Å². The molecule has 188 valence electrons. The van der Waals surface area contributed by atoms with Gasteiger partial charge in [-0.1, -0.05) is 35.3 Å². The van der Waals surface area contributed by atoms with E-state index in [4.69, 9.17) is 23.2 Å². The first kappa shape index (κ1) is 24.6. The average Bonchev–Trinajstić information content (AvgIpc) is 3.33. The summed E-state index contributed by atoms with van der Waals surface area (Å²) in [7, 11) is 0. The topological polar surface area (TPSA) is 53.7 Å². The van der Waals surface area contributed by atoms with E-state index in [0.29, 0.717) is 13.1 Å². The molecule has 0 aliphatic carbocycles. The van der Waals surface area contributed by atoms with Crippen LogP contribution in [0.1, 0.15) is 11.6 Å². The molecule has 2 aromatic carbocycles. The highest BCUT2D eigenvalue weighted by atomic mass is 35.5. The third kappa shape index (κ3) is 4.43. The first-order valence-corrected chi connectivity index (χ1v) is 11.8. The van der Waals surface area contributed by atoms with E-state index in [2.05, 4.69) is 10.1 Å². The van der Waals surface area contributed by atoms with E-state index in [1.165, 1.54) is 46.1 Å². The van der Waals surface area contributed by atoms with Crippen LogP contribution >= 0.6 is 23.2 Å². The summed E-state index contributed by atoms with van der Waals surface area (Å²) in [6.45, 7) is 1.11. The molecule has 36 heavy (non-hydrogen) atoms. The molecule has 1 amide bonds. The van der Waals surface area contributed by atoms with Gasteiger partial charge in [0.2, 0.25) is 5.91 Å². The van der Waals surface area contributed by atoms with Crippen LogP contribution in [0, 0.1) is 11.7 Å². The molecule has 12 heteroatoms. The zero-order chi connectivity index (χ0) is 25.6. The van der Waals surface area contributed by atoms with Crippen molar-refractivity contribution in [3.63, 3.8) is 0 Å². The SMILES string of the molecule is O=C(C1C(C(F)(F)F)=Nc2ccnn2C1c1cccc(Cl)c1Cl)N1CCN(c2ccc(F)cc2)CC1. The summed E-state index contributed by atoms with van der Waals surface area (Å²) in [5.74, 6) is -2.85. The van der Waals surface area contributed by atoms with E-state index >= 15 is 0 Å². The van der Waals surface area contributed by atoms with Gasteiger partial charge >= 0.3 is 6.18 Å². The molecular weight excluding hydrogens is 521 g/mol. The van der Waals surface area contributed by atoms with Crippen LogP contribution in [-0.4, -0.2) is 58.7 Å². The van der Waals surface area contributed by atoms with E-state index in [1.807, 2.05) is 4.90 Å². The van der Waals surface area contributed by atoms with Gasteiger partial charge in [-0.2, -0.15) is 18.3 Å². The standard InChI is InChI=1S/C24H19Cl2F4N5O/c25-17-3-1-2-16(20(17)26)21-19(22(24(28,29)30)32-18-8-9-31-35(18)21)23(36)34-12-10-33(11-13-34)15-6-4-14(27)5-7-15/h1-9,19,21H,10-13H2. The Hall–Kier alpha value is -3.11. The molecule has 0 N–H and O–H groups in total. The number of anilines is 1. The van der Waals surface area contributed by atoms with Crippen molar-refractivity contribution in [3.8, 4) is 0 Å². The number of nitrogens with zero attached hydrogens (tertiary/aromatic N) is 5. The van der Waals surface area contributed by atoms with Crippen LogP contribution in [0.15, 0.2) is 59.7 Å².